The largest absolute Gasteiger partial charge is 0.477 e. The maximum absolute atomic E-state index is 13.3. The Balaban J connectivity index is 1.09. The van der Waals surface area contributed by atoms with Crippen molar-refractivity contribution >= 4 is 41.4 Å². The summed E-state index contributed by atoms with van der Waals surface area (Å²) in [5, 5.41) is 26.8. The zero-order valence-corrected chi connectivity index (χ0v) is 23.3. The number of rotatable bonds is 8. The number of carbonyl (C=O) groups excluding carboxylic acids is 3. The van der Waals surface area contributed by atoms with Crippen LogP contribution in [0.1, 0.15) is 26.0 Å². The minimum Gasteiger partial charge on any atom is -0.477 e. The van der Waals surface area contributed by atoms with Crippen LogP contribution in [0.3, 0.4) is 0 Å². The molecule has 6 rings (SSSR count). The molecule has 16 nitrogen and oxygen atoms in total. The van der Waals surface area contributed by atoms with E-state index in [-0.39, 0.29) is 53.2 Å². The SMILES string of the molecule is CC(NC(=O)Cn1cnnn1)[C@H]1C(=O)N2C(C(=O)O)=C(S[C@@H]3CN[C@H](C(=O)N4CCn5c(cnc5N)C4)C3)[C@H](C)[C@H]12. The highest BCUT2D eigenvalue weighted by Gasteiger charge is 2.60. The van der Waals surface area contributed by atoms with Crippen LogP contribution >= 0.6 is 11.8 Å². The summed E-state index contributed by atoms with van der Waals surface area (Å²) in [6.07, 6.45) is 3.55. The van der Waals surface area contributed by atoms with Crippen molar-refractivity contribution in [1.29, 1.82) is 0 Å². The summed E-state index contributed by atoms with van der Waals surface area (Å²) in [7, 11) is 0. The van der Waals surface area contributed by atoms with Gasteiger partial charge < -0.3 is 35.8 Å². The predicted molar refractivity (Wildman–Crippen MR) is 143 cm³/mol. The third kappa shape index (κ3) is 4.71. The number of anilines is 1. The van der Waals surface area contributed by atoms with Crippen molar-refractivity contribution in [3.63, 3.8) is 0 Å². The van der Waals surface area contributed by atoms with Gasteiger partial charge in [-0.25, -0.2) is 14.5 Å². The van der Waals surface area contributed by atoms with Gasteiger partial charge in [0.25, 0.3) is 0 Å². The number of carbonyl (C=O) groups is 4. The molecule has 0 spiro atoms. The molecule has 3 amide bonds. The number of thioether (sulfide) groups is 1. The lowest BCUT2D eigenvalue weighted by Crippen LogP contribution is -2.66. The minimum absolute atomic E-state index is 0.00220. The molecule has 4 aliphatic heterocycles. The quantitative estimate of drug-likeness (QED) is 0.254. The maximum atomic E-state index is 13.3. The summed E-state index contributed by atoms with van der Waals surface area (Å²) >= 11 is 1.43. The van der Waals surface area contributed by atoms with Gasteiger partial charge in [-0.05, 0) is 23.8 Å². The Bertz CT molecular complexity index is 1420. The summed E-state index contributed by atoms with van der Waals surface area (Å²) in [4.78, 5) is 59.2. The Labute approximate surface area is 238 Å². The number of nitrogen functional groups attached to an aromatic ring is 1. The van der Waals surface area contributed by atoms with Crippen molar-refractivity contribution in [1.82, 2.24) is 50.2 Å². The highest BCUT2D eigenvalue weighted by molar-refractivity contribution is 8.03. The van der Waals surface area contributed by atoms with E-state index in [0.717, 1.165) is 5.69 Å². The zero-order chi connectivity index (χ0) is 29.0. The maximum Gasteiger partial charge on any atom is 0.353 e. The van der Waals surface area contributed by atoms with Gasteiger partial charge in [-0.1, -0.05) is 6.92 Å². The van der Waals surface area contributed by atoms with Crippen molar-refractivity contribution in [2.45, 2.75) is 63.3 Å². The molecule has 17 heteroatoms. The average Bonchev–Trinajstić information content (AvgIpc) is 3.72. The number of carboxylic acid groups (broad SMARTS) is 1. The van der Waals surface area contributed by atoms with Crippen molar-refractivity contribution in [3.8, 4) is 0 Å². The van der Waals surface area contributed by atoms with Crippen molar-refractivity contribution < 1.29 is 24.3 Å². The molecule has 41 heavy (non-hydrogen) atoms. The number of β-lactam (4-membered cyclic amide) rings is 1. The van der Waals surface area contributed by atoms with Crippen LogP contribution in [0.25, 0.3) is 0 Å². The summed E-state index contributed by atoms with van der Waals surface area (Å²) in [5.74, 6) is -2.20. The minimum atomic E-state index is -1.16. The molecule has 5 N–H and O–H groups in total. The fourth-order valence-corrected chi connectivity index (χ4v) is 7.84. The third-order valence-electron chi connectivity index (χ3n) is 8.33. The molecule has 0 saturated carbocycles. The van der Waals surface area contributed by atoms with Gasteiger partial charge >= 0.3 is 5.97 Å². The standard InChI is InChI=1S/C24H31N11O5S/c1-11-18-17(12(2)29-16(36)9-33-10-28-30-31-33)22(38)35(18)19(23(39)40)20(11)41-14-5-15(26-7-14)21(37)32-3-4-34-13(8-32)6-27-24(34)25/h6,10-12,14-15,17-18,26H,3-5,7-9H2,1-2H3,(H2,25,27)(H,29,36)(H,39,40)/t11-,12?,14+,15+,17-,18-/m1/s1. The first-order chi connectivity index (χ1) is 19.6. The Morgan fingerprint density at radius 1 is 1.32 bits per heavy atom. The van der Waals surface area contributed by atoms with Crippen molar-refractivity contribution in [2.75, 3.05) is 18.8 Å². The number of aliphatic carboxylic acids is 1. The van der Waals surface area contributed by atoms with Crippen molar-refractivity contribution in [2.24, 2.45) is 11.8 Å². The van der Waals surface area contributed by atoms with Crippen LogP contribution in [-0.4, -0.2) is 105 Å². The molecule has 0 bridgehead atoms. The number of nitrogens with zero attached hydrogens (tertiary/aromatic N) is 8. The third-order valence-corrected chi connectivity index (χ3v) is 9.84. The average molecular weight is 586 g/mol. The second-order valence-corrected chi connectivity index (χ2v) is 12.2. The van der Waals surface area contributed by atoms with Crippen molar-refractivity contribution in [3.05, 3.63) is 28.8 Å². The van der Waals surface area contributed by atoms with E-state index in [0.29, 0.717) is 43.5 Å². The number of nitrogens with two attached hydrogens (primary N) is 1. The van der Waals surface area contributed by atoms with Crippen LogP contribution < -0.4 is 16.4 Å². The number of fused-ring (bicyclic) bond motifs is 2. The topological polar surface area (TPSA) is 206 Å². The molecule has 4 aliphatic rings. The van der Waals surface area contributed by atoms with E-state index in [9.17, 15) is 24.3 Å². The number of hydrogen-bond donors (Lipinski definition) is 4. The Hall–Kier alpha value is -3.99. The number of aromatic nitrogens is 6. The Kier molecular flexibility index (Phi) is 6.93. The number of amides is 3. The Morgan fingerprint density at radius 2 is 2.12 bits per heavy atom. The van der Waals surface area contributed by atoms with Gasteiger partial charge in [-0.3, -0.25) is 14.4 Å². The normalized spacial score (nSPS) is 27.9. The monoisotopic (exact) mass is 585 g/mol. The predicted octanol–water partition coefficient (Wildman–Crippen LogP) is -1.76. The first-order valence-corrected chi connectivity index (χ1v) is 14.3. The van der Waals surface area contributed by atoms with Gasteiger partial charge in [-0.2, -0.15) is 0 Å². The van der Waals surface area contributed by atoms with E-state index in [1.807, 2.05) is 11.5 Å². The van der Waals surface area contributed by atoms with Crippen LogP contribution in [0.2, 0.25) is 0 Å². The van der Waals surface area contributed by atoms with E-state index in [1.54, 1.807) is 18.0 Å². The van der Waals surface area contributed by atoms with Gasteiger partial charge in [-0.15, -0.1) is 16.9 Å². The molecule has 2 aromatic rings. The molecule has 0 aliphatic carbocycles. The van der Waals surface area contributed by atoms with E-state index in [1.165, 1.54) is 27.7 Å². The molecular weight excluding hydrogens is 554 g/mol. The van der Waals surface area contributed by atoms with Gasteiger partial charge in [0.05, 0.1) is 36.4 Å². The lowest BCUT2D eigenvalue weighted by Gasteiger charge is -2.47. The number of imidazole rings is 1. The number of nitrogens with one attached hydrogen (secondary N) is 2. The van der Waals surface area contributed by atoms with Crippen LogP contribution in [0.4, 0.5) is 5.95 Å². The van der Waals surface area contributed by atoms with Crippen LogP contribution in [0, 0.1) is 11.8 Å². The number of carboxylic acids is 1. The molecule has 6 atom stereocenters. The van der Waals surface area contributed by atoms with Crippen LogP contribution in [-0.2, 0) is 38.8 Å². The highest BCUT2D eigenvalue weighted by Crippen LogP contribution is 2.51. The Morgan fingerprint density at radius 3 is 2.85 bits per heavy atom. The van der Waals surface area contributed by atoms with Gasteiger partial charge in [0.2, 0.25) is 17.7 Å². The fourth-order valence-electron chi connectivity index (χ4n) is 6.36. The highest BCUT2D eigenvalue weighted by atomic mass is 32.2. The molecule has 0 aromatic carbocycles. The smallest absolute Gasteiger partial charge is 0.353 e. The molecule has 2 aromatic heterocycles. The first kappa shape index (κ1) is 27.2. The summed E-state index contributed by atoms with van der Waals surface area (Å²) in [6, 6.07) is -1.27. The molecule has 218 valence electrons. The van der Waals surface area contributed by atoms with Gasteiger partial charge in [0.15, 0.2) is 5.95 Å². The van der Waals surface area contributed by atoms with Gasteiger partial charge in [0, 0.05) is 41.7 Å². The zero-order valence-electron chi connectivity index (χ0n) is 22.5. The summed E-state index contributed by atoms with van der Waals surface area (Å²) in [5.41, 5.74) is 6.78. The number of tetrazole rings is 1. The number of hydrogen-bond acceptors (Lipinski definition) is 11. The van der Waals surface area contributed by atoms with Gasteiger partial charge in [0.1, 0.15) is 18.6 Å². The van der Waals surface area contributed by atoms with E-state index in [4.69, 9.17) is 5.73 Å². The summed E-state index contributed by atoms with van der Waals surface area (Å²) in [6.45, 7) is 5.67. The van der Waals surface area contributed by atoms with E-state index < -0.39 is 17.9 Å². The van der Waals surface area contributed by atoms with E-state index in [2.05, 4.69) is 31.1 Å². The lowest BCUT2D eigenvalue weighted by molar-refractivity contribution is -0.158. The van der Waals surface area contributed by atoms with E-state index >= 15 is 0 Å². The first-order valence-electron chi connectivity index (χ1n) is 13.4. The molecule has 6 heterocycles. The molecule has 1 unspecified atom stereocenters. The molecular formula is C24H31N11O5S. The molecule has 0 radical (unpaired) electrons. The second-order valence-electron chi connectivity index (χ2n) is 10.9. The van der Waals surface area contributed by atoms with Crippen LogP contribution in [0.15, 0.2) is 23.1 Å². The lowest BCUT2D eigenvalue weighted by atomic mass is 9.78. The summed E-state index contributed by atoms with van der Waals surface area (Å²) < 4.78 is 3.18. The molecule has 2 fully saturated rings. The second kappa shape index (κ2) is 10.4. The fraction of sp³-hybridized carbons (Fsp3) is 0.583. The van der Waals surface area contributed by atoms with Crippen LogP contribution in [0.5, 0.6) is 0 Å². The molecule has 2 saturated heterocycles.